The summed E-state index contributed by atoms with van der Waals surface area (Å²) in [5.74, 6) is -0.210. The van der Waals surface area contributed by atoms with Crippen molar-refractivity contribution in [3.05, 3.63) is 30.5 Å². The summed E-state index contributed by atoms with van der Waals surface area (Å²) in [5.41, 5.74) is 2.14. The van der Waals surface area contributed by atoms with Crippen LogP contribution in [0.2, 0.25) is 0 Å². The van der Waals surface area contributed by atoms with Gasteiger partial charge < -0.3 is 14.8 Å². The molecular weight excluding hydrogens is 477 g/mol. The average molecular weight is 506 g/mol. The van der Waals surface area contributed by atoms with Gasteiger partial charge in [-0.25, -0.2) is 22.4 Å². The van der Waals surface area contributed by atoms with Gasteiger partial charge >= 0.3 is 0 Å². The molecule has 1 N–H and O–H groups in total. The highest BCUT2D eigenvalue weighted by Gasteiger charge is 2.35. The Morgan fingerprint density at radius 3 is 2.94 bits per heavy atom. The van der Waals surface area contributed by atoms with E-state index in [1.807, 2.05) is 0 Å². The molecule has 13 heteroatoms. The fourth-order valence-electron chi connectivity index (χ4n) is 4.78. The molecule has 5 heterocycles. The lowest BCUT2D eigenvalue weighted by atomic mass is 10.0. The van der Waals surface area contributed by atoms with Crippen molar-refractivity contribution in [2.24, 2.45) is 0 Å². The smallest absolute Gasteiger partial charge is 0.258 e. The maximum Gasteiger partial charge on any atom is 0.258 e. The van der Waals surface area contributed by atoms with E-state index >= 15 is 4.39 Å². The highest BCUT2D eigenvalue weighted by Crippen LogP contribution is 2.33. The molecule has 6 rings (SSSR count). The van der Waals surface area contributed by atoms with Gasteiger partial charge in [0.1, 0.15) is 23.7 Å². The summed E-state index contributed by atoms with van der Waals surface area (Å²) in [7, 11) is -2.82. The minimum Gasteiger partial charge on any atom is -0.479 e. The van der Waals surface area contributed by atoms with Crippen molar-refractivity contribution in [3.8, 4) is 17.0 Å². The van der Waals surface area contributed by atoms with Gasteiger partial charge in [-0.15, -0.1) is 10.2 Å². The van der Waals surface area contributed by atoms with E-state index in [1.54, 1.807) is 30.5 Å². The number of rotatable bonds is 7. The summed E-state index contributed by atoms with van der Waals surface area (Å²) in [6.07, 6.45) is -1.71. The first-order valence-corrected chi connectivity index (χ1v) is 11.6. The predicted molar refractivity (Wildman–Crippen MR) is 125 cm³/mol. The highest BCUT2D eigenvalue weighted by atomic mass is 19.3. The van der Waals surface area contributed by atoms with E-state index in [2.05, 4.69) is 30.6 Å². The quantitative estimate of drug-likeness (QED) is 0.410. The molecule has 0 bridgehead atoms. The number of anilines is 1. The minimum absolute atomic E-state index is 0.0200. The van der Waals surface area contributed by atoms with Crippen LogP contribution in [0.5, 0.6) is 5.88 Å². The maximum atomic E-state index is 15.0. The number of hydrogen-bond donors (Lipinski definition) is 1. The molecule has 2 aliphatic heterocycles. The van der Waals surface area contributed by atoms with Crippen LogP contribution < -0.4 is 10.1 Å². The number of methoxy groups -OCH3 is 1. The topological polar surface area (TPSA) is 94.6 Å². The summed E-state index contributed by atoms with van der Waals surface area (Å²) >= 11 is 0. The lowest BCUT2D eigenvalue weighted by Gasteiger charge is -2.42. The molecule has 0 saturated carbocycles. The number of alkyl halides is 3. The Kier molecular flexibility index (Phi) is 5.04. The first-order chi connectivity index (χ1) is 18.6. The zero-order chi connectivity index (χ0) is 27.3. The third-order valence-corrected chi connectivity index (χ3v) is 6.74. The third-order valence-electron chi connectivity index (χ3n) is 6.74. The molecule has 36 heavy (non-hydrogen) atoms. The summed E-state index contributed by atoms with van der Waals surface area (Å²) in [4.78, 5) is 6.38. The van der Waals surface area contributed by atoms with Crippen molar-refractivity contribution >= 4 is 22.5 Å². The van der Waals surface area contributed by atoms with E-state index in [0.717, 1.165) is 4.68 Å². The summed E-state index contributed by atoms with van der Waals surface area (Å²) in [5, 5.41) is 15.2. The average Bonchev–Trinajstić information content (AvgIpc) is 3.42. The first-order valence-electron chi connectivity index (χ1n) is 13.1. The number of fused-ring (bicyclic) bond motifs is 2. The minimum atomic E-state index is -2.82. The molecule has 1 aromatic carbocycles. The van der Waals surface area contributed by atoms with Crippen molar-refractivity contribution in [1.29, 1.82) is 0 Å². The number of nitrogens with zero attached hydrogens (tertiary/aromatic N) is 7. The Balaban J connectivity index is 1.33. The zero-order valence-electron chi connectivity index (χ0n) is 22.0. The van der Waals surface area contributed by atoms with E-state index in [1.165, 1.54) is 4.52 Å². The molecule has 3 aromatic heterocycles. The van der Waals surface area contributed by atoms with Gasteiger partial charge in [-0.3, -0.25) is 4.90 Å². The van der Waals surface area contributed by atoms with Crippen molar-refractivity contribution in [3.63, 3.8) is 0 Å². The molecule has 2 saturated heterocycles. The van der Waals surface area contributed by atoms with Crippen LogP contribution in [-0.2, 0) is 11.3 Å². The van der Waals surface area contributed by atoms with Crippen LogP contribution in [0.4, 0.5) is 19.1 Å². The van der Waals surface area contributed by atoms with E-state index in [-0.39, 0.29) is 29.9 Å². The first kappa shape index (κ1) is 19.7. The molecule has 0 amide bonds. The number of ether oxygens (including phenoxy) is 2. The molecule has 2 aliphatic rings. The number of aromatic nitrogens is 6. The number of likely N-dealkylation sites (tertiary alicyclic amines) is 1. The molecule has 4 aromatic rings. The van der Waals surface area contributed by atoms with Gasteiger partial charge in [0.05, 0.1) is 42.0 Å². The van der Waals surface area contributed by atoms with Gasteiger partial charge in [-0.2, -0.15) is 4.98 Å². The number of benzene rings is 1. The number of nitrogens with one attached hydrogen (secondary N) is 1. The van der Waals surface area contributed by atoms with Crippen molar-refractivity contribution in [2.75, 3.05) is 38.7 Å². The van der Waals surface area contributed by atoms with Gasteiger partial charge in [-0.1, -0.05) is 11.3 Å². The molecule has 0 radical (unpaired) electrons. The Bertz CT molecular complexity index is 1490. The Labute approximate surface area is 208 Å². The van der Waals surface area contributed by atoms with Crippen LogP contribution in [-0.4, -0.2) is 92.5 Å². The lowest BCUT2D eigenvalue weighted by molar-refractivity contribution is -0.0794. The molecule has 0 unspecified atom stereocenters. The van der Waals surface area contributed by atoms with Crippen molar-refractivity contribution in [2.45, 2.75) is 37.6 Å². The fraction of sp³-hybridized carbons (Fsp3) is 0.478. The van der Waals surface area contributed by atoms with Crippen molar-refractivity contribution < 1.29 is 26.8 Å². The van der Waals surface area contributed by atoms with Crippen LogP contribution in [0.15, 0.2) is 30.5 Å². The van der Waals surface area contributed by atoms with Gasteiger partial charge in [0.15, 0.2) is 0 Å². The molecule has 10 nitrogen and oxygen atoms in total. The van der Waals surface area contributed by atoms with Crippen molar-refractivity contribution in [1.82, 2.24) is 34.5 Å². The molecule has 2 fully saturated rings. The van der Waals surface area contributed by atoms with Gasteiger partial charge in [0.2, 0.25) is 11.8 Å². The summed E-state index contributed by atoms with van der Waals surface area (Å²) < 4.78 is 77.0. The SMILES string of the molecule is [2H]C([2H])([2H])Oc1nc(N[C@@H]2CCN(C3COC3)C[C@H]2F)nn2ccc(-c3ccc4nnn(CC(F)F)c4c3)c12. The van der Waals surface area contributed by atoms with Crippen LogP contribution in [0.25, 0.3) is 27.7 Å². The lowest BCUT2D eigenvalue weighted by Crippen LogP contribution is -2.57. The second-order valence-electron chi connectivity index (χ2n) is 8.97. The molecule has 0 spiro atoms. The van der Waals surface area contributed by atoms with Gasteiger partial charge in [-0.05, 0) is 30.2 Å². The fourth-order valence-corrected chi connectivity index (χ4v) is 4.78. The summed E-state index contributed by atoms with van der Waals surface area (Å²) in [6.45, 7) is 1.52. The third kappa shape index (κ3) is 4.11. The van der Waals surface area contributed by atoms with Gasteiger partial charge in [0.25, 0.3) is 6.43 Å². The van der Waals surface area contributed by atoms with Crippen LogP contribution in [0.3, 0.4) is 0 Å². The molecular formula is C23H25F3N8O2. The Hall–Kier alpha value is -3.45. The largest absolute Gasteiger partial charge is 0.479 e. The second-order valence-corrected chi connectivity index (χ2v) is 8.97. The molecule has 2 atom stereocenters. The Morgan fingerprint density at radius 1 is 1.31 bits per heavy atom. The van der Waals surface area contributed by atoms with E-state index in [4.69, 9.17) is 13.6 Å². The number of hydrogen-bond acceptors (Lipinski definition) is 8. The van der Waals surface area contributed by atoms with E-state index < -0.39 is 32.2 Å². The number of piperidine rings is 1. The molecule has 190 valence electrons. The van der Waals surface area contributed by atoms with Gasteiger partial charge in [0, 0.05) is 24.8 Å². The molecule has 0 aliphatic carbocycles. The van der Waals surface area contributed by atoms with Crippen LogP contribution in [0, 0.1) is 0 Å². The zero-order valence-corrected chi connectivity index (χ0v) is 19.0. The monoisotopic (exact) mass is 505 g/mol. The number of halogens is 3. The maximum absolute atomic E-state index is 15.0. The standard InChI is InChI=1S/C23H25F3N8O2/c1-35-22-21-15(13-2-3-18-19(8-13)34(31-29-18)10-20(25)26)4-7-33(21)30-23(28-22)27-17-5-6-32(9-16(17)24)14-11-36-12-14/h2-4,7-8,14,16-17,20H,5-6,9-12H2,1H3,(H,27,30)/t16-,17-/m1/s1/i1D3. The van der Waals surface area contributed by atoms with E-state index in [9.17, 15) is 8.78 Å². The van der Waals surface area contributed by atoms with E-state index in [0.29, 0.717) is 48.3 Å². The van der Waals surface area contributed by atoms with Crippen LogP contribution >= 0.6 is 0 Å². The second kappa shape index (κ2) is 9.21. The van der Waals surface area contributed by atoms with Crippen LogP contribution in [0.1, 0.15) is 10.5 Å². The summed E-state index contributed by atoms with van der Waals surface area (Å²) in [6, 6.07) is 6.32. The highest BCUT2D eigenvalue weighted by molar-refractivity contribution is 5.89. The normalized spacial score (nSPS) is 22.9. The Morgan fingerprint density at radius 2 is 2.19 bits per heavy atom. The predicted octanol–water partition coefficient (Wildman–Crippen LogP) is 2.64.